The normalized spacial score (nSPS) is 26.9. The summed E-state index contributed by atoms with van der Waals surface area (Å²) < 4.78 is 23.1. The molecule has 102 valence electrons. The van der Waals surface area contributed by atoms with Crippen molar-refractivity contribution in [2.75, 3.05) is 31.1 Å². The first-order chi connectivity index (χ1) is 8.00. The molecule has 1 aliphatic heterocycles. The second kappa shape index (κ2) is 6.71. The van der Waals surface area contributed by atoms with E-state index in [2.05, 4.69) is 24.1 Å². The van der Waals surface area contributed by atoms with E-state index in [-0.39, 0.29) is 6.04 Å². The lowest BCUT2D eigenvalue weighted by molar-refractivity contribution is 0.150. The zero-order valence-corrected chi connectivity index (χ0v) is 12.1. The Balaban J connectivity index is 2.52. The molecule has 17 heavy (non-hydrogen) atoms. The van der Waals surface area contributed by atoms with Crippen molar-refractivity contribution in [3.05, 3.63) is 0 Å². The quantitative estimate of drug-likeness (QED) is 0.722. The first-order valence-corrected chi connectivity index (χ1v) is 8.49. The summed E-state index contributed by atoms with van der Waals surface area (Å²) in [5.74, 6) is 0.638. The summed E-state index contributed by atoms with van der Waals surface area (Å²) in [6.45, 7) is 9.05. The minimum atomic E-state index is -2.79. The smallest absolute Gasteiger partial charge is 0.153 e. The summed E-state index contributed by atoms with van der Waals surface area (Å²) in [6, 6.07) is 0.620. The summed E-state index contributed by atoms with van der Waals surface area (Å²) in [4.78, 5) is 2.35. The first-order valence-electron chi connectivity index (χ1n) is 6.67. The van der Waals surface area contributed by atoms with E-state index in [0.717, 1.165) is 25.9 Å². The van der Waals surface area contributed by atoms with Gasteiger partial charge < -0.3 is 5.32 Å². The zero-order valence-electron chi connectivity index (χ0n) is 11.3. The number of nitrogens with zero attached hydrogens (tertiary/aromatic N) is 1. The van der Waals surface area contributed by atoms with Crippen molar-refractivity contribution in [1.82, 2.24) is 10.2 Å². The zero-order chi connectivity index (χ0) is 12.9. The third-order valence-corrected chi connectivity index (χ3v) is 5.26. The van der Waals surface area contributed by atoms with Crippen molar-refractivity contribution in [2.24, 2.45) is 0 Å². The van der Waals surface area contributed by atoms with Gasteiger partial charge in [-0.25, -0.2) is 8.42 Å². The Morgan fingerprint density at radius 2 is 2.12 bits per heavy atom. The molecular formula is C12H26N2O2S. The summed E-state index contributed by atoms with van der Waals surface area (Å²) in [7, 11) is -2.79. The summed E-state index contributed by atoms with van der Waals surface area (Å²) in [5.41, 5.74) is 0. The fraction of sp³-hybridized carbons (Fsp3) is 1.00. The van der Waals surface area contributed by atoms with Gasteiger partial charge in [-0.3, -0.25) is 4.90 Å². The first kappa shape index (κ1) is 14.9. The third-order valence-electron chi connectivity index (χ3n) is 3.47. The Morgan fingerprint density at radius 1 is 1.41 bits per heavy atom. The molecule has 1 aliphatic rings. The Kier molecular flexibility index (Phi) is 5.89. The van der Waals surface area contributed by atoms with Gasteiger partial charge in [0.05, 0.1) is 11.5 Å². The van der Waals surface area contributed by atoms with Crippen molar-refractivity contribution in [3.8, 4) is 0 Å². The Morgan fingerprint density at radius 3 is 2.65 bits per heavy atom. The minimum Gasteiger partial charge on any atom is -0.315 e. The van der Waals surface area contributed by atoms with E-state index in [4.69, 9.17) is 0 Å². The topological polar surface area (TPSA) is 49.4 Å². The van der Waals surface area contributed by atoms with Gasteiger partial charge in [-0.05, 0) is 26.3 Å². The highest BCUT2D eigenvalue weighted by molar-refractivity contribution is 7.91. The monoisotopic (exact) mass is 262 g/mol. The molecule has 2 atom stereocenters. The number of hydrogen-bond donors (Lipinski definition) is 1. The number of nitrogens with one attached hydrogen (secondary N) is 1. The van der Waals surface area contributed by atoms with Gasteiger partial charge in [0.1, 0.15) is 0 Å². The minimum absolute atomic E-state index is 0.155. The standard InChI is InChI=1S/C12H26N2O2S/c1-4-6-13-9-12(5-2)14-7-8-17(15,16)10-11(14)3/h11-13H,4-10H2,1-3H3. The lowest BCUT2D eigenvalue weighted by Crippen LogP contribution is -2.54. The van der Waals surface area contributed by atoms with Crippen molar-refractivity contribution in [1.29, 1.82) is 0 Å². The van der Waals surface area contributed by atoms with E-state index < -0.39 is 9.84 Å². The summed E-state index contributed by atoms with van der Waals surface area (Å²) >= 11 is 0. The van der Waals surface area contributed by atoms with E-state index in [9.17, 15) is 8.42 Å². The largest absolute Gasteiger partial charge is 0.315 e. The highest BCUT2D eigenvalue weighted by atomic mass is 32.2. The second-order valence-electron chi connectivity index (χ2n) is 4.97. The molecular weight excluding hydrogens is 236 g/mol. The Labute approximate surface area is 106 Å². The average molecular weight is 262 g/mol. The van der Waals surface area contributed by atoms with Gasteiger partial charge in [0.2, 0.25) is 0 Å². The van der Waals surface area contributed by atoms with Crippen molar-refractivity contribution in [3.63, 3.8) is 0 Å². The Bertz CT molecular complexity index is 316. The van der Waals surface area contributed by atoms with Gasteiger partial charge in [0.25, 0.3) is 0 Å². The molecule has 0 aromatic rings. The van der Waals surface area contributed by atoms with Crippen molar-refractivity contribution >= 4 is 9.84 Å². The molecule has 0 aromatic heterocycles. The maximum Gasteiger partial charge on any atom is 0.153 e. The van der Waals surface area contributed by atoms with Crippen LogP contribution in [0.3, 0.4) is 0 Å². The van der Waals surface area contributed by atoms with Gasteiger partial charge in [-0.15, -0.1) is 0 Å². The van der Waals surface area contributed by atoms with Crippen LogP contribution in [0.5, 0.6) is 0 Å². The van der Waals surface area contributed by atoms with Crippen LogP contribution in [0.2, 0.25) is 0 Å². The van der Waals surface area contributed by atoms with E-state index in [0.29, 0.717) is 24.1 Å². The van der Waals surface area contributed by atoms with Gasteiger partial charge in [-0.1, -0.05) is 13.8 Å². The lowest BCUT2D eigenvalue weighted by Gasteiger charge is -2.39. The molecule has 0 aliphatic carbocycles. The molecule has 0 saturated carbocycles. The lowest BCUT2D eigenvalue weighted by atomic mass is 10.1. The van der Waals surface area contributed by atoms with E-state index in [1.54, 1.807) is 0 Å². The predicted molar refractivity (Wildman–Crippen MR) is 72.1 cm³/mol. The van der Waals surface area contributed by atoms with E-state index >= 15 is 0 Å². The van der Waals surface area contributed by atoms with E-state index in [1.165, 1.54) is 0 Å². The van der Waals surface area contributed by atoms with Crippen LogP contribution in [-0.2, 0) is 9.84 Å². The molecule has 5 heteroatoms. The van der Waals surface area contributed by atoms with Crippen molar-refractivity contribution in [2.45, 2.75) is 45.7 Å². The SMILES string of the molecule is CCCNCC(CC)N1CCS(=O)(=O)CC1C. The van der Waals surface area contributed by atoms with Crippen LogP contribution in [0, 0.1) is 0 Å². The molecule has 1 heterocycles. The Hall–Kier alpha value is -0.130. The predicted octanol–water partition coefficient (Wildman–Crippen LogP) is 0.884. The van der Waals surface area contributed by atoms with Crippen LogP contribution >= 0.6 is 0 Å². The van der Waals surface area contributed by atoms with Gasteiger partial charge in [-0.2, -0.15) is 0 Å². The molecule has 1 N–H and O–H groups in total. The fourth-order valence-electron chi connectivity index (χ4n) is 2.50. The molecule has 0 amide bonds. The highest BCUT2D eigenvalue weighted by Gasteiger charge is 2.31. The highest BCUT2D eigenvalue weighted by Crippen LogP contribution is 2.16. The van der Waals surface area contributed by atoms with Crippen LogP contribution in [0.4, 0.5) is 0 Å². The maximum atomic E-state index is 11.5. The summed E-state index contributed by atoms with van der Waals surface area (Å²) in [5, 5.41) is 3.43. The van der Waals surface area contributed by atoms with Gasteiger partial charge >= 0.3 is 0 Å². The van der Waals surface area contributed by atoms with Crippen LogP contribution in [0.25, 0.3) is 0 Å². The molecule has 1 saturated heterocycles. The molecule has 1 fully saturated rings. The van der Waals surface area contributed by atoms with Gasteiger partial charge in [0.15, 0.2) is 9.84 Å². The molecule has 0 spiro atoms. The second-order valence-corrected chi connectivity index (χ2v) is 7.20. The molecule has 1 rings (SSSR count). The number of hydrogen-bond acceptors (Lipinski definition) is 4. The fourth-order valence-corrected chi connectivity index (χ4v) is 4.08. The molecule has 0 bridgehead atoms. The van der Waals surface area contributed by atoms with Crippen LogP contribution in [-0.4, -0.2) is 56.5 Å². The van der Waals surface area contributed by atoms with Crippen LogP contribution in [0.1, 0.15) is 33.6 Å². The molecule has 0 radical (unpaired) electrons. The van der Waals surface area contributed by atoms with Gasteiger partial charge in [0, 0.05) is 25.2 Å². The number of sulfone groups is 1. The summed E-state index contributed by atoms with van der Waals surface area (Å²) in [6.07, 6.45) is 2.21. The molecule has 4 nitrogen and oxygen atoms in total. The van der Waals surface area contributed by atoms with Crippen molar-refractivity contribution < 1.29 is 8.42 Å². The van der Waals surface area contributed by atoms with E-state index in [1.807, 2.05) is 6.92 Å². The van der Waals surface area contributed by atoms with Crippen LogP contribution < -0.4 is 5.32 Å². The van der Waals surface area contributed by atoms with Crippen LogP contribution in [0.15, 0.2) is 0 Å². The number of rotatable bonds is 6. The third kappa shape index (κ3) is 4.56. The molecule has 0 aromatic carbocycles. The maximum absolute atomic E-state index is 11.5. The average Bonchev–Trinajstić information content (AvgIpc) is 2.25. The molecule has 2 unspecified atom stereocenters.